The predicted molar refractivity (Wildman–Crippen MR) is 106 cm³/mol. The summed E-state index contributed by atoms with van der Waals surface area (Å²) in [4.78, 5) is 31.9. The van der Waals surface area contributed by atoms with Crippen molar-refractivity contribution in [3.05, 3.63) is 54.4 Å². The Kier molecular flexibility index (Phi) is 5.25. The molecule has 2 heterocycles. The van der Waals surface area contributed by atoms with Crippen molar-refractivity contribution in [2.45, 2.75) is 19.4 Å². The molecule has 2 amide bonds. The highest BCUT2D eigenvalue weighted by atomic mass is 16.5. The SMILES string of the molecule is O=C(NCc1cccnc1)C1(C(=O)Nc2ccccc2N2CCOCC2)CC1. The van der Waals surface area contributed by atoms with Crippen LogP contribution < -0.4 is 15.5 Å². The van der Waals surface area contributed by atoms with E-state index < -0.39 is 5.41 Å². The summed E-state index contributed by atoms with van der Waals surface area (Å²) in [6.45, 7) is 3.27. The van der Waals surface area contributed by atoms with Gasteiger partial charge in [0.05, 0.1) is 24.6 Å². The Bertz CT molecular complexity index is 846. The second-order valence-corrected chi connectivity index (χ2v) is 7.20. The maximum Gasteiger partial charge on any atom is 0.240 e. The number of nitrogens with zero attached hydrogens (tertiary/aromatic N) is 2. The van der Waals surface area contributed by atoms with E-state index in [4.69, 9.17) is 4.74 Å². The Hall–Kier alpha value is -2.93. The molecule has 1 aromatic heterocycles. The van der Waals surface area contributed by atoms with Crippen LogP contribution in [0.5, 0.6) is 0 Å². The number of ether oxygens (including phenoxy) is 1. The summed E-state index contributed by atoms with van der Waals surface area (Å²) < 4.78 is 5.41. The minimum absolute atomic E-state index is 0.224. The van der Waals surface area contributed by atoms with Gasteiger partial charge in [-0.25, -0.2) is 0 Å². The van der Waals surface area contributed by atoms with Gasteiger partial charge in [-0.1, -0.05) is 18.2 Å². The molecule has 7 nitrogen and oxygen atoms in total. The van der Waals surface area contributed by atoms with Crippen LogP contribution in [0.3, 0.4) is 0 Å². The fraction of sp³-hybridized carbons (Fsp3) is 0.381. The number of hydrogen-bond donors (Lipinski definition) is 2. The lowest BCUT2D eigenvalue weighted by Crippen LogP contribution is -2.40. The summed E-state index contributed by atoms with van der Waals surface area (Å²) in [7, 11) is 0. The Morgan fingerprint density at radius 2 is 1.86 bits per heavy atom. The van der Waals surface area contributed by atoms with E-state index in [-0.39, 0.29) is 11.8 Å². The number of carbonyl (C=O) groups excluding carboxylic acids is 2. The van der Waals surface area contributed by atoms with E-state index in [9.17, 15) is 9.59 Å². The number of morpholine rings is 1. The largest absolute Gasteiger partial charge is 0.378 e. The zero-order valence-corrected chi connectivity index (χ0v) is 15.7. The Balaban J connectivity index is 1.42. The molecule has 4 rings (SSSR count). The number of nitrogens with one attached hydrogen (secondary N) is 2. The van der Waals surface area contributed by atoms with Gasteiger partial charge in [-0.2, -0.15) is 0 Å². The highest BCUT2D eigenvalue weighted by molar-refractivity contribution is 6.13. The molecule has 2 aromatic rings. The number of rotatable bonds is 6. The van der Waals surface area contributed by atoms with Crippen molar-refractivity contribution in [2.75, 3.05) is 36.5 Å². The first-order valence-corrected chi connectivity index (χ1v) is 9.59. The second kappa shape index (κ2) is 7.98. The molecule has 1 saturated carbocycles. The molecule has 146 valence electrons. The predicted octanol–water partition coefficient (Wildman–Crippen LogP) is 1.95. The lowest BCUT2D eigenvalue weighted by Gasteiger charge is -2.30. The van der Waals surface area contributed by atoms with Crippen molar-refractivity contribution in [3.63, 3.8) is 0 Å². The summed E-state index contributed by atoms with van der Waals surface area (Å²) in [6.07, 6.45) is 4.53. The molecular formula is C21H24N4O3. The van der Waals surface area contributed by atoms with Crippen molar-refractivity contribution in [2.24, 2.45) is 5.41 Å². The normalized spacial score (nSPS) is 17.6. The summed E-state index contributed by atoms with van der Waals surface area (Å²) in [5, 5.41) is 5.87. The molecule has 2 N–H and O–H groups in total. The molecule has 0 unspecified atom stereocenters. The van der Waals surface area contributed by atoms with E-state index in [2.05, 4.69) is 20.5 Å². The number of aromatic nitrogens is 1. The van der Waals surface area contributed by atoms with Gasteiger partial charge in [-0.05, 0) is 36.6 Å². The fourth-order valence-corrected chi connectivity index (χ4v) is 3.44. The van der Waals surface area contributed by atoms with Crippen LogP contribution in [0.4, 0.5) is 11.4 Å². The summed E-state index contributed by atoms with van der Waals surface area (Å²) in [5.41, 5.74) is 1.64. The summed E-state index contributed by atoms with van der Waals surface area (Å²) >= 11 is 0. The molecule has 7 heteroatoms. The van der Waals surface area contributed by atoms with Crippen molar-refractivity contribution in [1.29, 1.82) is 0 Å². The zero-order valence-electron chi connectivity index (χ0n) is 15.7. The molecule has 1 aliphatic heterocycles. The van der Waals surface area contributed by atoms with Crippen LogP contribution in [-0.2, 0) is 20.9 Å². The van der Waals surface area contributed by atoms with Crippen LogP contribution in [0, 0.1) is 5.41 Å². The minimum Gasteiger partial charge on any atom is -0.378 e. The van der Waals surface area contributed by atoms with Crippen LogP contribution in [0.2, 0.25) is 0 Å². The van der Waals surface area contributed by atoms with Crippen molar-refractivity contribution < 1.29 is 14.3 Å². The number of amides is 2. The molecule has 0 radical (unpaired) electrons. The van der Waals surface area contributed by atoms with Crippen LogP contribution in [-0.4, -0.2) is 43.1 Å². The molecule has 1 aliphatic carbocycles. The third-order valence-corrected chi connectivity index (χ3v) is 5.30. The molecule has 0 spiro atoms. The van der Waals surface area contributed by atoms with Gasteiger partial charge >= 0.3 is 0 Å². The van der Waals surface area contributed by atoms with Gasteiger partial charge in [-0.3, -0.25) is 14.6 Å². The standard InChI is InChI=1S/C21H24N4O3/c26-19(23-15-16-4-3-9-22-14-16)21(7-8-21)20(27)24-17-5-1-2-6-18(17)25-10-12-28-13-11-25/h1-6,9,14H,7-8,10-13,15H2,(H,23,26)(H,24,27). The first-order valence-electron chi connectivity index (χ1n) is 9.59. The molecule has 1 saturated heterocycles. The topological polar surface area (TPSA) is 83.6 Å². The smallest absolute Gasteiger partial charge is 0.240 e. The molecule has 28 heavy (non-hydrogen) atoms. The quantitative estimate of drug-likeness (QED) is 0.749. The average molecular weight is 380 g/mol. The van der Waals surface area contributed by atoms with Gasteiger partial charge in [0.25, 0.3) is 0 Å². The lowest BCUT2D eigenvalue weighted by molar-refractivity contribution is -0.134. The first-order chi connectivity index (χ1) is 13.7. The van der Waals surface area contributed by atoms with Crippen LogP contribution in [0.1, 0.15) is 18.4 Å². The molecule has 2 fully saturated rings. The molecule has 1 aromatic carbocycles. The van der Waals surface area contributed by atoms with Gasteiger partial charge in [0, 0.05) is 32.0 Å². The fourth-order valence-electron chi connectivity index (χ4n) is 3.44. The maximum atomic E-state index is 13.0. The Morgan fingerprint density at radius 3 is 2.57 bits per heavy atom. The van der Waals surface area contributed by atoms with Gasteiger partial charge in [0.2, 0.25) is 11.8 Å². The number of para-hydroxylation sites is 2. The molecule has 0 bridgehead atoms. The lowest BCUT2D eigenvalue weighted by atomic mass is 10.0. The zero-order chi connectivity index (χ0) is 19.4. The van der Waals surface area contributed by atoms with Gasteiger partial charge < -0.3 is 20.3 Å². The molecule has 2 aliphatic rings. The number of hydrogen-bond acceptors (Lipinski definition) is 5. The molecule has 0 atom stereocenters. The van der Waals surface area contributed by atoms with E-state index in [1.165, 1.54) is 0 Å². The summed E-state index contributed by atoms with van der Waals surface area (Å²) in [5.74, 6) is -0.463. The van der Waals surface area contributed by atoms with E-state index in [0.29, 0.717) is 32.6 Å². The highest BCUT2D eigenvalue weighted by Gasteiger charge is 2.56. The third kappa shape index (κ3) is 3.84. The molecular weight excluding hydrogens is 356 g/mol. The number of pyridine rings is 1. The van der Waals surface area contributed by atoms with Crippen LogP contribution in [0.25, 0.3) is 0 Å². The first kappa shape index (κ1) is 18.4. The van der Waals surface area contributed by atoms with Crippen molar-refractivity contribution in [3.8, 4) is 0 Å². The van der Waals surface area contributed by atoms with Gasteiger partial charge in [0.15, 0.2) is 0 Å². The number of benzene rings is 1. The van der Waals surface area contributed by atoms with Crippen molar-refractivity contribution in [1.82, 2.24) is 10.3 Å². The second-order valence-electron chi connectivity index (χ2n) is 7.20. The van der Waals surface area contributed by atoms with E-state index in [1.54, 1.807) is 12.4 Å². The van der Waals surface area contributed by atoms with Crippen LogP contribution >= 0.6 is 0 Å². The summed E-state index contributed by atoms with van der Waals surface area (Å²) in [6, 6.07) is 11.4. The van der Waals surface area contributed by atoms with Crippen LogP contribution in [0.15, 0.2) is 48.8 Å². The maximum absolute atomic E-state index is 13.0. The monoisotopic (exact) mass is 380 g/mol. The number of carbonyl (C=O) groups is 2. The number of anilines is 2. The Labute approximate surface area is 164 Å². The minimum atomic E-state index is -0.972. The van der Waals surface area contributed by atoms with E-state index in [0.717, 1.165) is 30.0 Å². The van der Waals surface area contributed by atoms with Gasteiger partial charge in [-0.15, -0.1) is 0 Å². The highest BCUT2D eigenvalue weighted by Crippen LogP contribution is 2.47. The third-order valence-electron chi connectivity index (χ3n) is 5.30. The van der Waals surface area contributed by atoms with Crippen molar-refractivity contribution >= 4 is 23.2 Å². The van der Waals surface area contributed by atoms with E-state index >= 15 is 0 Å². The van der Waals surface area contributed by atoms with Gasteiger partial charge in [0.1, 0.15) is 5.41 Å². The Morgan fingerprint density at radius 1 is 1.07 bits per heavy atom. The average Bonchev–Trinajstić information content (AvgIpc) is 3.56. The van der Waals surface area contributed by atoms with E-state index in [1.807, 2.05) is 36.4 Å².